The lowest BCUT2D eigenvalue weighted by Crippen LogP contribution is -2.42. The molecule has 1 heterocycles. The predicted octanol–water partition coefficient (Wildman–Crippen LogP) is 1.84. The van der Waals surface area contributed by atoms with E-state index in [-0.39, 0.29) is 17.7 Å². The van der Waals surface area contributed by atoms with Crippen molar-refractivity contribution >= 4 is 61.8 Å². The molecule has 1 rings (SSSR count). The Balaban J connectivity index is 2.34. The normalized spacial score (nSPS) is 13.4. The highest BCUT2D eigenvalue weighted by Gasteiger charge is 2.23. The Morgan fingerprint density at radius 1 is 1.48 bits per heavy atom. The number of hydrogen-bond acceptors (Lipinski definition) is 7. The van der Waals surface area contributed by atoms with Gasteiger partial charge in [-0.3, -0.25) is 9.71 Å². The number of aliphatic imine (C=N–C) groups is 2. The number of nitrogens with zero attached hydrogens (tertiary/aromatic N) is 3. The molecular weight excluding hydrogens is 468 g/mol. The minimum absolute atomic E-state index is 0.0339. The van der Waals surface area contributed by atoms with Gasteiger partial charge in [0.05, 0.1) is 11.4 Å². The molecule has 0 aliphatic carbocycles. The zero-order chi connectivity index (χ0) is 21.9. The van der Waals surface area contributed by atoms with E-state index in [0.717, 1.165) is 5.69 Å². The lowest BCUT2D eigenvalue weighted by molar-refractivity contribution is 0.107. The van der Waals surface area contributed by atoms with Gasteiger partial charge in [0.1, 0.15) is 6.54 Å². The Kier molecular flexibility index (Phi) is 10.9. The van der Waals surface area contributed by atoms with Gasteiger partial charge in [0.2, 0.25) is 16.0 Å². The maximum atomic E-state index is 12.5. The molecule has 15 heteroatoms. The van der Waals surface area contributed by atoms with Crippen LogP contribution >= 0.6 is 34.7 Å². The maximum Gasteiger partial charge on any atom is 0.341 e. The lowest BCUT2D eigenvalue weighted by Gasteiger charge is -2.11. The van der Waals surface area contributed by atoms with Crippen LogP contribution in [0.4, 0.5) is 13.9 Å². The standard InChI is InChI=1S/C14H24ClF2N7O2S3/c1-3-6-29(25,26)24-12(19-2)20-4-5-27-7-10-8-28-13(22-10)23-11(18)21-9-14(15,16)17/h8H,3-7,9H2,1-2H3,(H2,19,20,24)(H3,18,21,22,23). The van der Waals surface area contributed by atoms with Crippen molar-refractivity contribution in [3.8, 4) is 0 Å². The van der Waals surface area contributed by atoms with Gasteiger partial charge >= 0.3 is 5.38 Å². The first-order valence-corrected chi connectivity index (χ1v) is 12.5. The Hall–Kier alpha value is -1.38. The summed E-state index contributed by atoms with van der Waals surface area (Å²) in [6, 6.07) is 0. The average Bonchev–Trinajstić information content (AvgIpc) is 3.05. The van der Waals surface area contributed by atoms with Gasteiger partial charge in [-0.2, -0.15) is 20.5 Å². The summed E-state index contributed by atoms with van der Waals surface area (Å²) in [6.07, 6.45) is 0.517. The molecule has 0 saturated heterocycles. The molecule has 0 spiro atoms. The third-order valence-electron chi connectivity index (χ3n) is 2.95. The number of aromatic nitrogens is 1. The number of hydrogen-bond donors (Lipinski definition) is 4. The van der Waals surface area contributed by atoms with Gasteiger partial charge in [-0.1, -0.05) is 6.92 Å². The van der Waals surface area contributed by atoms with Crippen molar-refractivity contribution in [2.45, 2.75) is 24.5 Å². The van der Waals surface area contributed by atoms with Crippen molar-refractivity contribution in [1.82, 2.24) is 15.0 Å². The van der Waals surface area contributed by atoms with Gasteiger partial charge in [-0.25, -0.2) is 18.4 Å². The molecule has 0 unspecified atom stereocenters. The number of anilines is 1. The van der Waals surface area contributed by atoms with Crippen LogP contribution in [0.15, 0.2) is 15.4 Å². The molecule has 0 bridgehead atoms. The first-order chi connectivity index (χ1) is 13.5. The second-order valence-corrected chi connectivity index (χ2v) is 9.92. The summed E-state index contributed by atoms with van der Waals surface area (Å²) in [5.74, 6) is 1.34. The van der Waals surface area contributed by atoms with E-state index in [0.29, 0.717) is 29.6 Å². The van der Waals surface area contributed by atoms with Crippen molar-refractivity contribution in [2.75, 3.05) is 37.0 Å². The quantitative estimate of drug-likeness (QED) is 0.160. The Morgan fingerprint density at radius 3 is 2.83 bits per heavy atom. The predicted molar refractivity (Wildman–Crippen MR) is 118 cm³/mol. The first-order valence-electron chi connectivity index (χ1n) is 8.41. The first kappa shape index (κ1) is 25.7. The molecule has 0 atom stereocenters. The fourth-order valence-electron chi connectivity index (χ4n) is 1.80. The third kappa shape index (κ3) is 12.0. The molecule has 5 N–H and O–H groups in total. The van der Waals surface area contributed by atoms with Crippen LogP contribution in [-0.2, 0) is 15.8 Å². The molecule has 0 aromatic carbocycles. The molecule has 1 aromatic heterocycles. The number of nitrogens with two attached hydrogens (primary N) is 1. The third-order valence-corrected chi connectivity index (χ3v) is 6.32. The van der Waals surface area contributed by atoms with Crippen LogP contribution in [0.3, 0.4) is 0 Å². The second-order valence-electron chi connectivity index (χ2n) is 5.56. The average molecular weight is 492 g/mol. The zero-order valence-electron chi connectivity index (χ0n) is 15.9. The summed E-state index contributed by atoms with van der Waals surface area (Å²) in [5, 5.41) is 4.37. The SMILES string of the molecule is CCCS(=O)(=O)NC(=NC)NCCSCc1csc(NC(N)=NCC(F)(F)Cl)n1. The fourth-order valence-corrected chi connectivity index (χ4v) is 4.53. The zero-order valence-corrected chi connectivity index (χ0v) is 19.1. The van der Waals surface area contributed by atoms with E-state index in [9.17, 15) is 17.2 Å². The van der Waals surface area contributed by atoms with Crippen LogP contribution < -0.4 is 21.1 Å². The minimum Gasteiger partial charge on any atom is -0.370 e. The Morgan fingerprint density at radius 2 is 2.21 bits per heavy atom. The summed E-state index contributed by atoms with van der Waals surface area (Å²) in [5.41, 5.74) is 6.29. The van der Waals surface area contributed by atoms with E-state index in [1.807, 2.05) is 5.38 Å². The summed E-state index contributed by atoms with van der Waals surface area (Å²) in [7, 11) is -1.89. The highest BCUT2D eigenvalue weighted by Crippen LogP contribution is 2.20. The van der Waals surface area contributed by atoms with E-state index >= 15 is 0 Å². The van der Waals surface area contributed by atoms with Crippen LogP contribution in [-0.4, -0.2) is 62.3 Å². The molecule has 0 aliphatic rings. The summed E-state index contributed by atoms with van der Waals surface area (Å²) in [4.78, 5) is 11.6. The number of sulfonamides is 1. The number of guanidine groups is 2. The number of halogens is 3. The topological polar surface area (TPSA) is 134 Å². The number of rotatable bonds is 11. The van der Waals surface area contributed by atoms with Crippen LogP contribution in [0.25, 0.3) is 0 Å². The molecule has 0 saturated carbocycles. The molecule has 0 fully saturated rings. The van der Waals surface area contributed by atoms with Crippen LogP contribution in [0.1, 0.15) is 19.0 Å². The molecule has 29 heavy (non-hydrogen) atoms. The van der Waals surface area contributed by atoms with Crippen molar-refractivity contribution < 1.29 is 17.2 Å². The minimum atomic E-state index is -3.44. The van der Waals surface area contributed by atoms with Crippen LogP contribution in [0, 0.1) is 0 Å². The number of thiazole rings is 1. The van der Waals surface area contributed by atoms with E-state index in [1.54, 1.807) is 18.7 Å². The van der Waals surface area contributed by atoms with E-state index in [1.165, 1.54) is 18.4 Å². The Labute approximate surface area is 182 Å². The molecule has 0 amide bonds. The monoisotopic (exact) mass is 491 g/mol. The van der Waals surface area contributed by atoms with E-state index < -0.39 is 21.9 Å². The van der Waals surface area contributed by atoms with Crippen molar-refractivity contribution in [3.63, 3.8) is 0 Å². The molecule has 9 nitrogen and oxygen atoms in total. The van der Waals surface area contributed by atoms with Gasteiger partial charge < -0.3 is 16.4 Å². The fraction of sp³-hybridized carbons (Fsp3) is 0.643. The maximum absolute atomic E-state index is 12.5. The van der Waals surface area contributed by atoms with Crippen molar-refractivity contribution in [2.24, 2.45) is 15.7 Å². The highest BCUT2D eigenvalue weighted by atomic mass is 35.5. The van der Waals surface area contributed by atoms with Gasteiger partial charge in [-0.05, 0) is 18.0 Å². The summed E-state index contributed by atoms with van der Waals surface area (Å²) < 4.78 is 50.9. The molecule has 0 aliphatic heterocycles. The summed E-state index contributed by atoms with van der Waals surface area (Å²) >= 11 is 7.60. The molecular formula is C14H24ClF2N7O2S3. The number of nitrogens with one attached hydrogen (secondary N) is 3. The van der Waals surface area contributed by atoms with Crippen LogP contribution in [0.2, 0.25) is 0 Å². The second kappa shape index (κ2) is 12.3. The Bertz CT molecular complexity index is 797. The van der Waals surface area contributed by atoms with Crippen LogP contribution in [0.5, 0.6) is 0 Å². The van der Waals surface area contributed by atoms with Crippen molar-refractivity contribution in [1.29, 1.82) is 0 Å². The van der Waals surface area contributed by atoms with E-state index in [2.05, 4.69) is 30.3 Å². The largest absolute Gasteiger partial charge is 0.370 e. The highest BCUT2D eigenvalue weighted by molar-refractivity contribution is 7.98. The number of alkyl halides is 3. The van der Waals surface area contributed by atoms with E-state index in [4.69, 9.17) is 17.3 Å². The van der Waals surface area contributed by atoms with Gasteiger partial charge in [-0.15, -0.1) is 11.3 Å². The molecule has 1 aromatic rings. The van der Waals surface area contributed by atoms with Gasteiger partial charge in [0.15, 0.2) is 11.1 Å². The number of thioether (sulfide) groups is 1. The smallest absolute Gasteiger partial charge is 0.341 e. The summed E-state index contributed by atoms with van der Waals surface area (Å²) in [6.45, 7) is 1.37. The molecule has 166 valence electrons. The van der Waals surface area contributed by atoms with Gasteiger partial charge in [0, 0.05) is 30.5 Å². The van der Waals surface area contributed by atoms with Gasteiger partial charge in [0.25, 0.3) is 0 Å². The van der Waals surface area contributed by atoms with Crippen molar-refractivity contribution in [3.05, 3.63) is 11.1 Å². The lowest BCUT2D eigenvalue weighted by atomic mass is 10.6. The molecule has 0 radical (unpaired) electrons.